The third-order valence-corrected chi connectivity index (χ3v) is 5.20. The van der Waals surface area contributed by atoms with Gasteiger partial charge in [0.05, 0.1) is 23.0 Å². The van der Waals surface area contributed by atoms with Crippen molar-refractivity contribution in [1.82, 2.24) is 0 Å². The third kappa shape index (κ3) is 2.24. The third-order valence-electron chi connectivity index (χ3n) is 5.20. The van der Waals surface area contributed by atoms with Gasteiger partial charge in [-0.05, 0) is 53.9 Å². The lowest BCUT2D eigenvalue weighted by atomic mass is 9.73. The van der Waals surface area contributed by atoms with E-state index in [0.717, 1.165) is 11.3 Å². The number of hydrogen-bond donors (Lipinski definition) is 0. The van der Waals surface area contributed by atoms with E-state index in [9.17, 15) is 5.26 Å². The molecule has 1 aliphatic rings. The summed E-state index contributed by atoms with van der Waals surface area (Å²) in [5.41, 5.74) is 7.91. The molecule has 0 fully saturated rings. The molecule has 2 heteroatoms. The number of hydrogen-bond acceptors (Lipinski definition) is 2. The maximum atomic E-state index is 9.18. The van der Waals surface area contributed by atoms with Gasteiger partial charge in [-0.15, -0.1) is 0 Å². The van der Waals surface area contributed by atoms with Crippen LogP contribution in [0.1, 0.15) is 36.1 Å². The zero-order valence-electron chi connectivity index (χ0n) is 14.7. The van der Waals surface area contributed by atoms with Crippen molar-refractivity contribution >= 4 is 17.1 Å². The van der Waals surface area contributed by atoms with Gasteiger partial charge in [0.25, 0.3) is 0 Å². The van der Waals surface area contributed by atoms with E-state index in [1.165, 1.54) is 22.5 Å². The van der Waals surface area contributed by atoms with Gasteiger partial charge in [-0.25, -0.2) is 0 Å². The molecular weight excluding hydrogens is 304 g/mol. The Morgan fingerprint density at radius 3 is 1.88 bits per heavy atom. The molecule has 1 aliphatic heterocycles. The number of rotatable bonds is 1. The van der Waals surface area contributed by atoms with E-state index in [2.05, 4.69) is 86.3 Å². The average molecular weight is 324 g/mol. The van der Waals surface area contributed by atoms with E-state index in [-0.39, 0.29) is 5.41 Å². The van der Waals surface area contributed by atoms with Crippen molar-refractivity contribution < 1.29 is 0 Å². The fraction of sp³-hybridized carbons (Fsp3) is 0.174. The normalized spacial score (nSPS) is 14.4. The molecule has 0 N–H and O–H groups in total. The smallest absolute Gasteiger partial charge is 0.0991 e. The number of benzene rings is 3. The van der Waals surface area contributed by atoms with Crippen molar-refractivity contribution in [2.24, 2.45) is 0 Å². The summed E-state index contributed by atoms with van der Waals surface area (Å²) in [5, 5.41) is 9.18. The first-order valence-corrected chi connectivity index (χ1v) is 8.54. The van der Waals surface area contributed by atoms with E-state index in [1.807, 2.05) is 12.1 Å². The lowest BCUT2D eigenvalue weighted by molar-refractivity contribution is 0.632. The highest BCUT2D eigenvalue weighted by atomic mass is 15.2. The average Bonchev–Trinajstić information content (AvgIpc) is 2.63. The van der Waals surface area contributed by atoms with Gasteiger partial charge in [0.1, 0.15) is 0 Å². The molecule has 0 saturated carbocycles. The van der Waals surface area contributed by atoms with Crippen molar-refractivity contribution in [2.75, 3.05) is 4.90 Å². The molecule has 4 rings (SSSR count). The molecule has 0 saturated heterocycles. The standard InChI is InChI=1S/C23H20N2/c1-16-14-17(15-24)12-13-20(16)25-21-10-6-4-8-18(21)23(2,3)19-9-5-7-11-22(19)25/h4-14H,1-3H3. The van der Waals surface area contributed by atoms with Crippen molar-refractivity contribution in [3.8, 4) is 6.07 Å². The van der Waals surface area contributed by atoms with Crippen LogP contribution in [0.25, 0.3) is 0 Å². The zero-order chi connectivity index (χ0) is 17.6. The predicted molar refractivity (Wildman–Crippen MR) is 103 cm³/mol. The molecule has 1 heterocycles. The monoisotopic (exact) mass is 324 g/mol. The molecule has 0 radical (unpaired) electrons. The summed E-state index contributed by atoms with van der Waals surface area (Å²) >= 11 is 0. The summed E-state index contributed by atoms with van der Waals surface area (Å²) in [5.74, 6) is 0. The summed E-state index contributed by atoms with van der Waals surface area (Å²) in [6, 6.07) is 25.4. The predicted octanol–water partition coefficient (Wildman–Crippen LogP) is 5.98. The lowest BCUT2D eigenvalue weighted by Gasteiger charge is -2.42. The van der Waals surface area contributed by atoms with Gasteiger partial charge in [-0.3, -0.25) is 0 Å². The van der Waals surface area contributed by atoms with Crippen LogP contribution in [-0.4, -0.2) is 0 Å². The number of anilines is 3. The van der Waals surface area contributed by atoms with Gasteiger partial charge in [-0.1, -0.05) is 50.2 Å². The molecular formula is C23H20N2. The summed E-state index contributed by atoms with van der Waals surface area (Å²) in [4.78, 5) is 2.33. The van der Waals surface area contributed by atoms with Crippen LogP contribution >= 0.6 is 0 Å². The van der Waals surface area contributed by atoms with Crippen LogP contribution in [0.4, 0.5) is 17.1 Å². The van der Waals surface area contributed by atoms with E-state index in [1.54, 1.807) is 0 Å². The Morgan fingerprint density at radius 1 is 0.800 bits per heavy atom. The molecule has 0 aromatic heterocycles. The number of nitrogens with zero attached hydrogens (tertiary/aromatic N) is 2. The van der Waals surface area contributed by atoms with Gasteiger partial charge in [-0.2, -0.15) is 5.26 Å². The highest BCUT2D eigenvalue weighted by molar-refractivity contribution is 5.86. The van der Waals surface area contributed by atoms with Crippen LogP contribution in [0.2, 0.25) is 0 Å². The maximum absolute atomic E-state index is 9.18. The second-order valence-corrected chi connectivity index (χ2v) is 7.11. The van der Waals surface area contributed by atoms with Gasteiger partial charge < -0.3 is 4.90 Å². The number of nitriles is 1. The molecule has 0 spiro atoms. The number of aryl methyl sites for hydroxylation is 1. The molecule has 0 aliphatic carbocycles. The Balaban J connectivity index is 2.03. The molecule has 3 aromatic carbocycles. The number of fused-ring (bicyclic) bond motifs is 2. The van der Waals surface area contributed by atoms with Crippen molar-refractivity contribution in [2.45, 2.75) is 26.2 Å². The number of para-hydroxylation sites is 2. The Bertz CT molecular complexity index is 959. The van der Waals surface area contributed by atoms with Gasteiger partial charge in [0.15, 0.2) is 0 Å². The van der Waals surface area contributed by atoms with Gasteiger partial charge >= 0.3 is 0 Å². The van der Waals surface area contributed by atoms with Gasteiger partial charge in [0, 0.05) is 11.1 Å². The van der Waals surface area contributed by atoms with E-state index in [0.29, 0.717) is 5.56 Å². The van der Waals surface area contributed by atoms with Crippen molar-refractivity contribution in [1.29, 1.82) is 5.26 Å². The SMILES string of the molecule is Cc1cc(C#N)ccc1N1c2ccccc2C(C)(C)c2ccccc21. The summed E-state index contributed by atoms with van der Waals surface area (Å²) in [7, 11) is 0. The van der Waals surface area contributed by atoms with Crippen LogP contribution in [0.3, 0.4) is 0 Å². The Kier molecular flexibility index (Phi) is 3.40. The van der Waals surface area contributed by atoms with Crippen LogP contribution < -0.4 is 4.90 Å². The van der Waals surface area contributed by atoms with Crippen LogP contribution in [-0.2, 0) is 5.41 Å². The Hall–Kier alpha value is -3.05. The highest BCUT2D eigenvalue weighted by Crippen LogP contribution is 2.51. The maximum Gasteiger partial charge on any atom is 0.0991 e. The molecule has 3 aromatic rings. The zero-order valence-corrected chi connectivity index (χ0v) is 14.7. The second kappa shape index (κ2) is 5.50. The minimum atomic E-state index is -0.0514. The largest absolute Gasteiger partial charge is 0.310 e. The first-order chi connectivity index (χ1) is 12.0. The molecule has 0 unspecified atom stereocenters. The molecule has 0 amide bonds. The van der Waals surface area contributed by atoms with Gasteiger partial charge in [0.2, 0.25) is 0 Å². The molecule has 2 nitrogen and oxygen atoms in total. The molecule has 122 valence electrons. The van der Waals surface area contributed by atoms with E-state index >= 15 is 0 Å². The molecule has 25 heavy (non-hydrogen) atoms. The summed E-state index contributed by atoms with van der Waals surface area (Å²) in [6.07, 6.45) is 0. The summed E-state index contributed by atoms with van der Waals surface area (Å²) < 4.78 is 0. The Labute approximate surface area is 149 Å². The second-order valence-electron chi connectivity index (χ2n) is 7.11. The molecule has 0 bridgehead atoms. The quantitative estimate of drug-likeness (QED) is 0.551. The minimum Gasteiger partial charge on any atom is -0.310 e. The van der Waals surface area contributed by atoms with E-state index in [4.69, 9.17) is 0 Å². The summed E-state index contributed by atoms with van der Waals surface area (Å²) in [6.45, 7) is 6.64. The van der Waals surface area contributed by atoms with Crippen LogP contribution in [0.5, 0.6) is 0 Å². The topological polar surface area (TPSA) is 27.0 Å². The van der Waals surface area contributed by atoms with E-state index < -0.39 is 0 Å². The fourth-order valence-corrected chi connectivity index (χ4v) is 3.90. The van der Waals surface area contributed by atoms with Crippen LogP contribution in [0, 0.1) is 18.3 Å². The first kappa shape index (κ1) is 15.5. The van der Waals surface area contributed by atoms with Crippen LogP contribution in [0.15, 0.2) is 66.7 Å². The highest BCUT2D eigenvalue weighted by Gasteiger charge is 2.36. The first-order valence-electron chi connectivity index (χ1n) is 8.54. The Morgan fingerprint density at radius 2 is 1.36 bits per heavy atom. The van der Waals surface area contributed by atoms with Crippen molar-refractivity contribution in [3.05, 3.63) is 89.0 Å². The van der Waals surface area contributed by atoms with Crippen molar-refractivity contribution in [3.63, 3.8) is 0 Å². The lowest BCUT2D eigenvalue weighted by Crippen LogP contribution is -2.30. The fourth-order valence-electron chi connectivity index (χ4n) is 3.90. The minimum absolute atomic E-state index is 0.0514. The molecule has 0 atom stereocenters.